The van der Waals surface area contributed by atoms with Gasteiger partial charge in [0.25, 0.3) is 5.91 Å². The van der Waals surface area contributed by atoms with Crippen molar-refractivity contribution in [3.8, 4) is 0 Å². The van der Waals surface area contributed by atoms with E-state index in [-0.39, 0.29) is 6.61 Å². The molecule has 2 aromatic carbocycles. The molecule has 3 aromatic rings. The third kappa shape index (κ3) is 5.29. The van der Waals surface area contributed by atoms with Gasteiger partial charge in [0.1, 0.15) is 0 Å². The summed E-state index contributed by atoms with van der Waals surface area (Å²) in [7, 11) is 0. The molecular weight excluding hydrogens is 354 g/mol. The molecule has 0 aliphatic rings. The molecule has 0 spiro atoms. The largest absolute Gasteiger partial charge is 0.395 e. The number of rotatable bonds is 9. The third-order valence-electron chi connectivity index (χ3n) is 4.68. The lowest BCUT2D eigenvalue weighted by Crippen LogP contribution is -2.28. The van der Waals surface area contributed by atoms with Gasteiger partial charge in [0.2, 0.25) is 0 Å². The van der Waals surface area contributed by atoms with Crippen LogP contribution in [-0.2, 0) is 17.8 Å². The Bertz CT molecular complexity index is 949. The predicted octanol–water partition coefficient (Wildman–Crippen LogP) is 2.72. The zero-order valence-corrected chi connectivity index (χ0v) is 15.6. The van der Waals surface area contributed by atoms with Crippen LogP contribution in [0.4, 0.5) is 0 Å². The first kappa shape index (κ1) is 19.8. The van der Waals surface area contributed by atoms with E-state index < -0.39 is 5.91 Å². The number of hydrogen-bond acceptors (Lipinski definition) is 4. The quantitative estimate of drug-likeness (QED) is 0.261. The van der Waals surface area contributed by atoms with Crippen LogP contribution in [0.2, 0.25) is 0 Å². The van der Waals surface area contributed by atoms with Gasteiger partial charge in [-0.05, 0) is 35.3 Å². The highest BCUT2D eigenvalue weighted by molar-refractivity contribution is 5.90. The number of H-pyrrole nitrogens is 1. The lowest BCUT2D eigenvalue weighted by molar-refractivity contribution is -0.124. The van der Waals surface area contributed by atoms with Crippen LogP contribution in [0.5, 0.6) is 0 Å². The van der Waals surface area contributed by atoms with Crippen molar-refractivity contribution in [3.05, 3.63) is 77.5 Å². The van der Waals surface area contributed by atoms with Crippen LogP contribution in [0.3, 0.4) is 0 Å². The normalized spacial score (nSPS) is 11.5. The first-order valence-electron chi connectivity index (χ1n) is 9.29. The second kappa shape index (κ2) is 9.85. The first-order valence-corrected chi connectivity index (χ1v) is 9.29. The summed E-state index contributed by atoms with van der Waals surface area (Å²) >= 11 is 0. The van der Waals surface area contributed by atoms with Gasteiger partial charge >= 0.3 is 0 Å². The molecule has 0 fully saturated rings. The van der Waals surface area contributed by atoms with E-state index in [1.54, 1.807) is 11.6 Å². The molecular formula is C22H25N3O3. The molecule has 6 heteroatoms. The number of nitrogens with one attached hydrogen (secondary N) is 2. The number of aromatic amines is 1. The van der Waals surface area contributed by atoms with Crippen LogP contribution in [0.1, 0.15) is 16.7 Å². The molecule has 1 amide bonds. The number of carbonyl (C=O) groups is 1. The second-order valence-corrected chi connectivity index (χ2v) is 6.66. The minimum Gasteiger partial charge on any atom is -0.395 e. The van der Waals surface area contributed by atoms with Crippen molar-refractivity contribution >= 4 is 22.9 Å². The molecule has 1 aromatic heterocycles. The molecule has 3 rings (SSSR count). The SMILES string of the molecule is O=C(/C=C/c1cccc(CN(CCO)CCc2c[nH]c3ccccc23)c1)NO. The maximum atomic E-state index is 11.1. The van der Waals surface area contributed by atoms with Gasteiger partial charge in [-0.1, -0.05) is 42.5 Å². The number of aliphatic hydroxyl groups is 1. The Morgan fingerprint density at radius 2 is 2.00 bits per heavy atom. The zero-order chi connectivity index (χ0) is 19.8. The Morgan fingerprint density at radius 1 is 1.14 bits per heavy atom. The number of amides is 1. The predicted molar refractivity (Wildman–Crippen MR) is 110 cm³/mol. The highest BCUT2D eigenvalue weighted by atomic mass is 16.5. The van der Waals surface area contributed by atoms with Gasteiger partial charge in [-0.15, -0.1) is 0 Å². The summed E-state index contributed by atoms with van der Waals surface area (Å²) in [6.07, 6.45) is 5.87. The van der Waals surface area contributed by atoms with E-state index in [0.717, 1.165) is 29.6 Å². The Labute approximate surface area is 164 Å². The Balaban J connectivity index is 1.66. The van der Waals surface area contributed by atoms with Crippen molar-refractivity contribution in [2.45, 2.75) is 13.0 Å². The van der Waals surface area contributed by atoms with E-state index in [2.05, 4.69) is 28.2 Å². The second-order valence-electron chi connectivity index (χ2n) is 6.66. The Kier molecular flexibility index (Phi) is 6.97. The summed E-state index contributed by atoms with van der Waals surface area (Å²) < 4.78 is 0. The molecule has 0 saturated heterocycles. The van der Waals surface area contributed by atoms with Crippen molar-refractivity contribution in [3.63, 3.8) is 0 Å². The topological polar surface area (TPSA) is 88.6 Å². The molecule has 0 unspecified atom stereocenters. The first-order chi connectivity index (χ1) is 13.7. The fourth-order valence-electron chi connectivity index (χ4n) is 3.29. The van der Waals surface area contributed by atoms with Gasteiger partial charge in [0, 0.05) is 42.8 Å². The summed E-state index contributed by atoms with van der Waals surface area (Å²) in [5, 5.41) is 19.2. The highest BCUT2D eigenvalue weighted by Crippen LogP contribution is 2.19. The number of aliphatic hydroxyl groups excluding tert-OH is 1. The molecule has 6 nitrogen and oxygen atoms in total. The van der Waals surface area contributed by atoms with Gasteiger partial charge < -0.3 is 10.1 Å². The number of aromatic nitrogens is 1. The van der Waals surface area contributed by atoms with Crippen LogP contribution in [-0.4, -0.2) is 45.8 Å². The molecule has 146 valence electrons. The summed E-state index contributed by atoms with van der Waals surface area (Å²) in [6.45, 7) is 2.23. The maximum absolute atomic E-state index is 11.1. The molecule has 1 heterocycles. The van der Waals surface area contributed by atoms with E-state index in [1.807, 2.05) is 36.4 Å². The minimum absolute atomic E-state index is 0.101. The number of hydrogen-bond donors (Lipinski definition) is 4. The lowest BCUT2D eigenvalue weighted by Gasteiger charge is -2.21. The van der Waals surface area contributed by atoms with E-state index in [0.29, 0.717) is 13.1 Å². The highest BCUT2D eigenvalue weighted by Gasteiger charge is 2.09. The number of fused-ring (bicyclic) bond motifs is 1. The van der Waals surface area contributed by atoms with Gasteiger partial charge in [0.15, 0.2) is 0 Å². The van der Waals surface area contributed by atoms with Crippen molar-refractivity contribution in [1.82, 2.24) is 15.4 Å². The number of nitrogens with zero attached hydrogens (tertiary/aromatic N) is 1. The van der Waals surface area contributed by atoms with E-state index in [9.17, 15) is 9.90 Å². The molecule has 0 aliphatic carbocycles. The zero-order valence-electron chi connectivity index (χ0n) is 15.6. The summed E-state index contributed by atoms with van der Waals surface area (Å²) in [5.41, 5.74) is 5.96. The summed E-state index contributed by atoms with van der Waals surface area (Å²) in [5.74, 6) is -0.564. The number of benzene rings is 2. The van der Waals surface area contributed by atoms with E-state index in [4.69, 9.17) is 5.21 Å². The molecule has 28 heavy (non-hydrogen) atoms. The molecule has 0 radical (unpaired) electrons. The maximum Gasteiger partial charge on any atom is 0.267 e. The molecule has 0 atom stereocenters. The Hall–Kier alpha value is -2.93. The van der Waals surface area contributed by atoms with Crippen LogP contribution in [0.15, 0.2) is 60.8 Å². The molecule has 0 aliphatic heterocycles. The monoisotopic (exact) mass is 379 g/mol. The van der Waals surface area contributed by atoms with E-state index >= 15 is 0 Å². The van der Waals surface area contributed by atoms with Gasteiger partial charge in [-0.3, -0.25) is 14.9 Å². The number of carbonyl (C=O) groups excluding carboxylic acids is 1. The fraction of sp³-hybridized carbons (Fsp3) is 0.227. The van der Waals surface area contributed by atoms with Crippen molar-refractivity contribution in [1.29, 1.82) is 0 Å². The summed E-state index contributed by atoms with van der Waals surface area (Å²) in [6, 6.07) is 16.1. The smallest absolute Gasteiger partial charge is 0.267 e. The van der Waals surface area contributed by atoms with Crippen LogP contribution in [0.25, 0.3) is 17.0 Å². The van der Waals surface area contributed by atoms with Crippen LogP contribution < -0.4 is 5.48 Å². The lowest BCUT2D eigenvalue weighted by atomic mass is 10.1. The minimum atomic E-state index is -0.564. The van der Waals surface area contributed by atoms with Crippen molar-refractivity contribution in [2.24, 2.45) is 0 Å². The van der Waals surface area contributed by atoms with Crippen LogP contribution >= 0.6 is 0 Å². The fourth-order valence-corrected chi connectivity index (χ4v) is 3.29. The molecule has 0 saturated carbocycles. The molecule has 0 bridgehead atoms. The Morgan fingerprint density at radius 3 is 2.82 bits per heavy atom. The van der Waals surface area contributed by atoms with Gasteiger partial charge in [0.05, 0.1) is 6.61 Å². The standard InChI is InChI=1S/C22H25N3O3/c26-13-12-25(11-10-19-15-23-21-7-2-1-6-20(19)21)16-18-5-3-4-17(14-18)8-9-22(27)24-28/h1-9,14-15,23,26,28H,10-13,16H2,(H,24,27)/b9-8+. The van der Waals surface area contributed by atoms with Crippen molar-refractivity contribution < 1.29 is 15.1 Å². The third-order valence-corrected chi connectivity index (χ3v) is 4.68. The molecule has 4 N–H and O–H groups in total. The summed E-state index contributed by atoms with van der Waals surface area (Å²) in [4.78, 5) is 16.7. The van der Waals surface area contributed by atoms with E-state index in [1.165, 1.54) is 17.0 Å². The average molecular weight is 379 g/mol. The van der Waals surface area contributed by atoms with Gasteiger partial charge in [-0.2, -0.15) is 0 Å². The van der Waals surface area contributed by atoms with Gasteiger partial charge in [-0.25, -0.2) is 5.48 Å². The number of para-hydroxylation sites is 1. The van der Waals surface area contributed by atoms with Crippen LogP contribution in [0, 0.1) is 0 Å². The van der Waals surface area contributed by atoms with Crippen molar-refractivity contribution in [2.75, 3.05) is 19.7 Å². The average Bonchev–Trinajstić information content (AvgIpc) is 3.14. The number of hydroxylamine groups is 1.